The second-order valence-corrected chi connectivity index (χ2v) is 3.34. The summed E-state index contributed by atoms with van der Waals surface area (Å²) < 4.78 is 4.80. The Morgan fingerprint density at radius 3 is 2.58 bits per heavy atom. The van der Waals surface area contributed by atoms with Crippen molar-refractivity contribution in [2.75, 3.05) is 6.61 Å². The van der Waals surface area contributed by atoms with Gasteiger partial charge in [0.1, 0.15) is 0 Å². The van der Waals surface area contributed by atoms with Crippen molar-refractivity contribution in [3.8, 4) is 0 Å². The Bertz CT molecular complexity index is 171. The van der Waals surface area contributed by atoms with Gasteiger partial charge >= 0.3 is 5.97 Å². The first-order valence-corrected chi connectivity index (χ1v) is 3.93. The molecular formula is C9H16O3. The summed E-state index contributed by atoms with van der Waals surface area (Å²) in [6.07, 6.45) is 1.16. The minimum absolute atomic E-state index is 0.273. The van der Waals surface area contributed by atoms with Gasteiger partial charge in [-0.25, -0.2) is 4.79 Å². The number of hydrogen-bond donors (Lipinski definition) is 1. The Balaban J connectivity index is 3.96. The maximum Gasteiger partial charge on any atom is 0.341 e. The van der Waals surface area contributed by atoms with Crippen molar-refractivity contribution in [2.24, 2.45) is 5.92 Å². The molecule has 1 atom stereocenters. The summed E-state index contributed by atoms with van der Waals surface area (Å²) in [6.45, 7) is 8.85. The van der Waals surface area contributed by atoms with E-state index in [4.69, 9.17) is 4.74 Å². The van der Waals surface area contributed by atoms with E-state index in [1.807, 2.05) is 13.8 Å². The van der Waals surface area contributed by atoms with Gasteiger partial charge in [0.05, 0.1) is 6.61 Å². The number of carbonyl (C=O) groups excluding carboxylic acids is 1. The van der Waals surface area contributed by atoms with E-state index in [1.54, 1.807) is 0 Å². The van der Waals surface area contributed by atoms with Crippen molar-refractivity contribution in [2.45, 2.75) is 26.4 Å². The molecule has 0 aromatic rings. The number of ether oxygens (including phenoxy) is 1. The van der Waals surface area contributed by atoms with Crippen LogP contribution in [0.15, 0.2) is 12.7 Å². The molecule has 0 spiro atoms. The fraction of sp³-hybridized carbons (Fsp3) is 0.667. The highest BCUT2D eigenvalue weighted by atomic mass is 16.5. The Labute approximate surface area is 73.0 Å². The van der Waals surface area contributed by atoms with Gasteiger partial charge in [0, 0.05) is 0 Å². The van der Waals surface area contributed by atoms with Gasteiger partial charge in [0.15, 0.2) is 5.60 Å². The Kier molecular flexibility index (Phi) is 3.96. The van der Waals surface area contributed by atoms with Gasteiger partial charge in [0.25, 0.3) is 0 Å². The molecule has 0 aromatic carbocycles. The first-order valence-electron chi connectivity index (χ1n) is 3.93. The lowest BCUT2D eigenvalue weighted by Gasteiger charge is -2.17. The van der Waals surface area contributed by atoms with E-state index in [9.17, 15) is 9.90 Å². The molecule has 70 valence electrons. The van der Waals surface area contributed by atoms with Crippen LogP contribution in [-0.2, 0) is 9.53 Å². The predicted octanol–water partition coefficient (Wildman–Crippen LogP) is 1.12. The standard InChI is InChI=1S/C9H16O3/c1-5-9(4,11)8(10)12-6-7(2)3/h5,7,11H,1,6H2,2-4H3. The molecule has 0 amide bonds. The van der Waals surface area contributed by atoms with Gasteiger partial charge in [0.2, 0.25) is 0 Å². The summed E-state index contributed by atoms with van der Waals surface area (Å²) in [6, 6.07) is 0. The molecule has 0 aliphatic heterocycles. The van der Waals surface area contributed by atoms with E-state index < -0.39 is 11.6 Å². The van der Waals surface area contributed by atoms with E-state index >= 15 is 0 Å². The number of hydrogen-bond acceptors (Lipinski definition) is 3. The summed E-state index contributed by atoms with van der Waals surface area (Å²) in [5.41, 5.74) is -1.56. The quantitative estimate of drug-likeness (QED) is 0.510. The third kappa shape index (κ3) is 3.53. The fourth-order valence-electron chi connectivity index (χ4n) is 0.472. The monoisotopic (exact) mass is 172 g/mol. The van der Waals surface area contributed by atoms with E-state index in [1.165, 1.54) is 6.92 Å². The zero-order valence-corrected chi connectivity index (χ0v) is 7.83. The van der Waals surface area contributed by atoms with Crippen molar-refractivity contribution < 1.29 is 14.6 Å². The molecule has 1 unspecified atom stereocenters. The highest BCUT2D eigenvalue weighted by Crippen LogP contribution is 2.07. The number of carbonyl (C=O) groups is 1. The summed E-state index contributed by atoms with van der Waals surface area (Å²) in [5.74, 6) is -0.374. The molecule has 3 nitrogen and oxygen atoms in total. The molecule has 0 aliphatic carbocycles. The van der Waals surface area contributed by atoms with Crippen molar-refractivity contribution >= 4 is 5.97 Å². The zero-order valence-electron chi connectivity index (χ0n) is 7.83. The van der Waals surface area contributed by atoms with Crippen molar-refractivity contribution in [3.63, 3.8) is 0 Å². The smallest absolute Gasteiger partial charge is 0.341 e. The predicted molar refractivity (Wildman–Crippen MR) is 46.6 cm³/mol. The van der Waals surface area contributed by atoms with Crippen LogP contribution >= 0.6 is 0 Å². The average molecular weight is 172 g/mol. The molecule has 0 rings (SSSR count). The highest BCUT2D eigenvalue weighted by Gasteiger charge is 2.27. The molecule has 0 heterocycles. The molecule has 0 aliphatic rings. The van der Waals surface area contributed by atoms with Crippen molar-refractivity contribution in [3.05, 3.63) is 12.7 Å². The Hall–Kier alpha value is -0.830. The van der Waals surface area contributed by atoms with Crippen LogP contribution in [0.2, 0.25) is 0 Å². The van der Waals surface area contributed by atoms with Crippen LogP contribution in [0.3, 0.4) is 0 Å². The second kappa shape index (κ2) is 4.26. The van der Waals surface area contributed by atoms with Gasteiger partial charge in [-0.3, -0.25) is 0 Å². The lowest BCUT2D eigenvalue weighted by molar-refractivity contribution is -0.160. The van der Waals surface area contributed by atoms with Crippen LogP contribution in [0, 0.1) is 5.92 Å². The van der Waals surface area contributed by atoms with Crippen molar-refractivity contribution in [1.82, 2.24) is 0 Å². The van der Waals surface area contributed by atoms with Crippen LogP contribution < -0.4 is 0 Å². The first-order chi connectivity index (χ1) is 5.40. The van der Waals surface area contributed by atoms with E-state index in [2.05, 4.69) is 6.58 Å². The fourth-order valence-corrected chi connectivity index (χ4v) is 0.472. The van der Waals surface area contributed by atoms with Gasteiger partial charge in [-0.15, -0.1) is 0 Å². The van der Waals surface area contributed by atoms with Gasteiger partial charge in [-0.2, -0.15) is 0 Å². The molecule has 0 saturated heterocycles. The molecule has 3 heteroatoms. The molecule has 0 radical (unpaired) electrons. The van der Waals surface area contributed by atoms with E-state index in [-0.39, 0.29) is 5.92 Å². The summed E-state index contributed by atoms with van der Waals surface area (Å²) in [7, 11) is 0. The van der Waals surface area contributed by atoms with Crippen LogP contribution in [0.1, 0.15) is 20.8 Å². The molecule has 0 aromatic heterocycles. The molecular weight excluding hydrogens is 156 g/mol. The van der Waals surface area contributed by atoms with E-state index in [0.29, 0.717) is 6.61 Å². The van der Waals surface area contributed by atoms with E-state index in [0.717, 1.165) is 6.08 Å². The number of rotatable bonds is 4. The lowest BCUT2D eigenvalue weighted by atomic mass is 10.1. The maximum absolute atomic E-state index is 11.1. The minimum atomic E-state index is -1.56. The third-order valence-electron chi connectivity index (χ3n) is 1.36. The normalized spacial score (nSPS) is 15.4. The third-order valence-corrected chi connectivity index (χ3v) is 1.36. The highest BCUT2D eigenvalue weighted by molar-refractivity contribution is 5.80. The molecule has 12 heavy (non-hydrogen) atoms. The largest absolute Gasteiger partial charge is 0.463 e. The zero-order chi connectivity index (χ0) is 9.78. The lowest BCUT2D eigenvalue weighted by Crippen LogP contribution is -2.35. The van der Waals surface area contributed by atoms with Gasteiger partial charge in [-0.1, -0.05) is 20.4 Å². The van der Waals surface area contributed by atoms with Crippen LogP contribution in [0.5, 0.6) is 0 Å². The first kappa shape index (κ1) is 11.2. The SMILES string of the molecule is C=CC(C)(O)C(=O)OCC(C)C. The average Bonchev–Trinajstić information content (AvgIpc) is 2.00. The van der Waals surface area contributed by atoms with Crippen LogP contribution in [0.25, 0.3) is 0 Å². The summed E-state index contributed by atoms with van der Waals surface area (Å²) >= 11 is 0. The molecule has 1 N–H and O–H groups in total. The molecule has 0 fully saturated rings. The Morgan fingerprint density at radius 2 is 2.25 bits per heavy atom. The number of aliphatic hydroxyl groups is 1. The van der Waals surface area contributed by atoms with Crippen molar-refractivity contribution in [1.29, 1.82) is 0 Å². The Morgan fingerprint density at radius 1 is 1.75 bits per heavy atom. The van der Waals surface area contributed by atoms with Gasteiger partial charge < -0.3 is 9.84 Å². The maximum atomic E-state index is 11.1. The summed E-state index contributed by atoms with van der Waals surface area (Å²) in [4.78, 5) is 11.1. The molecule has 0 bridgehead atoms. The minimum Gasteiger partial charge on any atom is -0.463 e. The number of esters is 1. The van der Waals surface area contributed by atoms with Gasteiger partial charge in [-0.05, 0) is 18.9 Å². The second-order valence-electron chi connectivity index (χ2n) is 3.34. The van der Waals surface area contributed by atoms with Crippen LogP contribution in [-0.4, -0.2) is 23.3 Å². The molecule has 0 saturated carbocycles. The topological polar surface area (TPSA) is 46.5 Å². The van der Waals surface area contributed by atoms with Crippen LogP contribution in [0.4, 0.5) is 0 Å². The summed E-state index contributed by atoms with van der Waals surface area (Å²) in [5, 5.41) is 9.31.